The zero-order chi connectivity index (χ0) is 11.1. The quantitative estimate of drug-likeness (QED) is 0.843. The highest BCUT2D eigenvalue weighted by atomic mass is 32.2. The molecule has 0 radical (unpaired) electrons. The average molecular weight is 223 g/mol. The number of amides is 1. The topological polar surface area (TPSA) is 46.2 Å². The number of hydrogen-bond donors (Lipinski definition) is 1. The van der Waals surface area contributed by atoms with Crippen molar-refractivity contribution in [3.8, 4) is 0 Å². The van der Waals surface area contributed by atoms with Crippen molar-refractivity contribution in [2.45, 2.75) is 13.5 Å². The maximum Gasteiger partial charge on any atom is 0.230 e. The first kappa shape index (κ1) is 11.8. The summed E-state index contributed by atoms with van der Waals surface area (Å²) in [7, 11) is 0. The summed E-state index contributed by atoms with van der Waals surface area (Å²) >= 11 is 1.02. The fourth-order valence-corrected chi connectivity index (χ4v) is 1.45. The van der Waals surface area contributed by atoms with Gasteiger partial charge in [-0.05, 0) is 5.56 Å². The maximum atomic E-state index is 11.2. The normalized spacial score (nSPS) is 9.67. The van der Waals surface area contributed by atoms with Gasteiger partial charge in [-0.2, -0.15) is 0 Å². The fourth-order valence-electron chi connectivity index (χ4n) is 1.01. The van der Waals surface area contributed by atoms with Gasteiger partial charge in [0.25, 0.3) is 0 Å². The van der Waals surface area contributed by atoms with E-state index in [1.807, 2.05) is 30.3 Å². The van der Waals surface area contributed by atoms with Crippen LogP contribution in [0.5, 0.6) is 0 Å². The molecule has 1 aromatic rings. The Labute approximate surface area is 93.3 Å². The molecule has 0 aromatic heterocycles. The molecule has 1 N–H and O–H groups in total. The average Bonchev–Trinajstić information content (AvgIpc) is 2.25. The van der Waals surface area contributed by atoms with E-state index in [1.54, 1.807) is 0 Å². The minimum atomic E-state index is -0.112. The van der Waals surface area contributed by atoms with Crippen LogP contribution in [0, 0.1) is 0 Å². The van der Waals surface area contributed by atoms with Crippen LogP contribution in [0.2, 0.25) is 0 Å². The van der Waals surface area contributed by atoms with E-state index in [2.05, 4.69) is 5.32 Å². The second-order valence-electron chi connectivity index (χ2n) is 3.04. The maximum absolute atomic E-state index is 11.2. The Morgan fingerprint density at radius 1 is 1.27 bits per heavy atom. The van der Waals surface area contributed by atoms with Gasteiger partial charge in [-0.3, -0.25) is 9.59 Å². The van der Waals surface area contributed by atoms with Crippen molar-refractivity contribution < 1.29 is 9.59 Å². The lowest BCUT2D eigenvalue weighted by molar-refractivity contribution is -0.119. The third-order valence-corrected chi connectivity index (χ3v) is 2.55. The number of nitrogens with one attached hydrogen (secondary N) is 1. The molecule has 0 saturated heterocycles. The predicted molar refractivity (Wildman–Crippen MR) is 61.4 cm³/mol. The Bertz CT molecular complexity index is 338. The number of carbonyl (C=O) groups is 2. The highest BCUT2D eigenvalue weighted by molar-refractivity contribution is 8.14. The molecule has 0 atom stereocenters. The van der Waals surface area contributed by atoms with Crippen molar-refractivity contribution in [3.63, 3.8) is 0 Å². The Balaban J connectivity index is 2.26. The summed E-state index contributed by atoms with van der Waals surface area (Å²) in [5, 5.41) is 2.71. The Morgan fingerprint density at radius 2 is 1.93 bits per heavy atom. The van der Waals surface area contributed by atoms with Crippen molar-refractivity contribution in [2.24, 2.45) is 0 Å². The third-order valence-electron chi connectivity index (χ3n) is 1.74. The van der Waals surface area contributed by atoms with Crippen LogP contribution in [0.25, 0.3) is 0 Å². The van der Waals surface area contributed by atoms with Crippen LogP contribution in [0.15, 0.2) is 30.3 Å². The number of hydrogen-bond acceptors (Lipinski definition) is 3. The van der Waals surface area contributed by atoms with Crippen LogP contribution in [-0.2, 0) is 16.1 Å². The van der Waals surface area contributed by atoms with Crippen LogP contribution in [-0.4, -0.2) is 16.8 Å². The summed E-state index contributed by atoms with van der Waals surface area (Å²) in [5.41, 5.74) is 1.05. The van der Waals surface area contributed by atoms with Crippen molar-refractivity contribution in [3.05, 3.63) is 35.9 Å². The molecule has 80 valence electrons. The highest BCUT2D eigenvalue weighted by Crippen LogP contribution is 2.01. The molecule has 0 heterocycles. The number of thioether (sulfide) groups is 1. The van der Waals surface area contributed by atoms with E-state index < -0.39 is 0 Å². The first-order chi connectivity index (χ1) is 7.18. The monoisotopic (exact) mass is 223 g/mol. The molecule has 1 rings (SSSR count). The standard InChI is InChI=1S/C11H13NO2S/c1-9(13)15-8-11(14)12-7-10-5-3-2-4-6-10/h2-6H,7-8H2,1H3,(H,12,14). The molecule has 0 fully saturated rings. The second-order valence-corrected chi connectivity index (χ2v) is 4.19. The Hall–Kier alpha value is -1.29. The Morgan fingerprint density at radius 3 is 2.53 bits per heavy atom. The first-order valence-corrected chi connectivity index (χ1v) is 5.61. The van der Waals surface area contributed by atoms with E-state index in [4.69, 9.17) is 0 Å². The first-order valence-electron chi connectivity index (χ1n) is 4.62. The van der Waals surface area contributed by atoms with Crippen molar-refractivity contribution in [2.75, 3.05) is 5.75 Å². The van der Waals surface area contributed by atoms with Crippen LogP contribution < -0.4 is 5.32 Å². The third kappa shape index (κ3) is 5.22. The summed E-state index contributed by atoms with van der Waals surface area (Å²) in [6.45, 7) is 1.97. The molecular weight excluding hydrogens is 210 g/mol. The molecule has 0 aliphatic heterocycles. The van der Waals surface area contributed by atoms with Crippen LogP contribution in [0.4, 0.5) is 0 Å². The number of benzene rings is 1. The number of rotatable bonds is 4. The molecule has 15 heavy (non-hydrogen) atoms. The van der Waals surface area contributed by atoms with Gasteiger partial charge in [0.15, 0.2) is 5.12 Å². The van der Waals surface area contributed by atoms with E-state index >= 15 is 0 Å². The van der Waals surface area contributed by atoms with Gasteiger partial charge in [0.2, 0.25) is 5.91 Å². The zero-order valence-corrected chi connectivity index (χ0v) is 9.34. The Kier molecular flexibility index (Phi) is 4.90. The van der Waals surface area contributed by atoms with Gasteiger partial charge in [0.05, 0.1) is 5.75 Å². The molecular formula is C11H13NO2S. The van der Waals surface area contributed by atoms with Gasteiger partial charge < -0.3 is 5.32 Å². The lowest BCUT2D eigenvalue weighted by Gasteiger charge is -2.03. The summed E-state index contributed by atoms with van der Waals surface area (Å²) in [5.74, 6) is 0.0846. The predicted octanol–water partition coefficient (Wildman–Crippen LogP) is 1.58. The van der Waals surface area contributed by atoms with E-state index in [1.165, 1.54) is 6.92 Å². The largest absolute Gasteiger partial charge is 0.351 e. The minimum absolute atomic E-state index is 0.0372. The summed E-state index contributed by atoms with van der Waals surface area (Å²) in [4.78, 5) is 21.8. The molecule has 0 bridgehead atoms. The van der Waals surface area contributed by atoms with Gasteiger partial charge in [-0.25, -0.2) is 0 Å². The molecule has 0 aliphatic rings. The van der Waals surface area contributed by atoms with Gasteiger partial charge >= 0.3 is 0 Å². The molecule has 0 aliphatic carbocycles. The summed E-state index contributed by atoms with van der Waals surface area (Å²) < 4.78 is 0. The molecule has 3 nitrogen and oxygen atoms in total. The van der Waals surface area contributed by atoms with E-state index in [-0.39, 0.29) is 16.8 Å². The minimum Gasteiger partial charge on any atom is -0.351 e. The summed E-state index contributed by atoms with van der Waals surface area (Å²) in [6.07, 6.45) is 0. The smallest absolute Gasteiger partial charge is 0.230 e. The van der Waals surface area contributed by atoms with Crippen molar-refractivity contribution in [1.82, 2.24) is 5.32 Å². The number of carbonyl (C=O) groups excluding carboxylic acids is 2. The van der Waals surface area contributed by atoms with Crippen LogP contribution in [0.1, 0.15) is 12.5 Å². The lowest BCUT2D eigenvalue weighted by Crippen LogP contribution is -2.24. The second kappa shape index (κ2) is 6.24. The van der Waals surface area contributed by atoms with Gasteiger partial charge in [0.1, 0.15) is 0 Å². The highest BCUT2D eigenvalue weighted by Gasteiger charge is 2.03. The molecule has 0 unspecified atom stereocenters. The zero-order valence-electron chi connectivity index (χ0n) is 8.53. The van der Waals surface area contributed by atoms with Crippen molar-refractivity contribution >= 4 is 22.8 Å². The molecule has 0 spiro atoms. The van der Waals surface area contributed by atoms with Crippen LogP contribution in [0.3, 0.4) is 0 Å². The van der Waals surface area contributed by atoms with Gasteiger partial charge in [0, 0.05) is 13.5 Å². The summed E-state index contributed by atoms with van der Waals surface area (Å²) in [6, 6.07) is 9.66. The van der Waals surface area contributed by atoms with E-state index in [9.17, 15) is 9.59 Å². The van der Waals surface area contributed by atoms with Gasteiger partial charge in [-0.1, -0.05) is 42.1 Å². The lowest BCUT2D eigenvalue weighted by atomic mass is 10.2. The molecule has 1 aromatic carbocycles. The SMILES string of the molecule is CC(=O)SCC(=O)NCc1ccccc1. The van der Waals surface area contributed by atoms with Gasteiger partial charge in [-0.15, -0.1) is 0 Å². The molecule has 1 amide bonds. The molecule has 0 saturated carbocycles. The van der Waals surface area contributed by atoms with E-state index in [0.717, 1.165) is 17.3 Å². The van der Waals surface area contributed by atoms with E-state index in [0.29, 0.717) is 6.54 Å². The fraction of sp³-hybridized carbons (Fsp3) is 0.273. The molecule has 4 heteroatoms. The van der Waals surface area contributed by atoms with Crippen molar-refractivity contribution in [1.29, 1.82) is 0 Å². The van der Waals surface area contributed by atoms with Crippen LogP contribution >= 0.6 is 11.8 Å².